The number of aromatic nitrogens is 2. The summed E-state index contributed by atoms with van der Waals surface area (Å²) in [5, 5.41) is 4.38. The summed E-state index contributed by atoms with van der Waals surface area (Å²) in [6.45, 7) is 6.60. The highest BCUT2D eigenvalue weighted by molar-refractivity contribution is 6.03. The van der Waals surface area contributed by atoms with Gasteiger partial charge in [0.25, 0.3) is 0 Å². The molecule has 0 saturated heterocycles. The number of hydrogen-bond acceptors (Lipinski definition) is 3. The maximum absolute atomic E-state index is 11.8. The van der Waals surface area contributed by atoms with E-state index in [4.69, 9.17) is 5.73 Å². The molecule has 0 fully saturated rings. The van der Waals surface area contributed by atoms with Gasteiger partial charge < -0.3 is 10.6 Å². The van der Waals surface area contributed by atoms with Crippen LogP contribution in [0.2, 0.25) is 0 Å². The van der Waals surface area contributed by atoms with Crippen molar-refractivity contribution < 1.29 is 4.79 Å². The molecule has 0 aromatic carbocycles. The normalized spacial score (nSPS) is 19.6. The van der Waals surface area contributed by atoms with Gasteiger partial charge >= 0.3 is 6.03 Å². The van der Waals surface area contributed by atoms with Crippen LogP contribution in [-0.2, 0) is 7.05 Å². The van der Waals surface area contributed by atoms with Gasteiger partial charge in [0.2, 0.25) is 0 Å². The number of carbonyl (C=O) groups excluding carboxylic acids is 1. The Hall–Kier alpha value is -1.85. The summed E-state index contributed by atoms with van der Waals surface area (Å²) in [7, 11) is 1.89. The van der Waals surface area contributed by atoms with Gasteiger partial charge in [-0.2, -0.15) is 10.1 Å². The number of amides is 2. The maximum Gasteiger partial charge on any atom is 0.346 e. The first-order valence-corrected chi connectivity index (χ1v) is 6.12. The SMILES string of the molecule is CCCN1C(=O)N=C(N)C1c1c(C)nn(C)c1C. The summed E-state index contributed by atoms with van der Waals surface area (Å²) in [4.78, 5) is 17.4. The van der Waals surface area contributed by atoms with Crippen molar-refractivity contribution in [2.24, 2.45) is 17.8 Å². The van der Waals surface area contributed by atoms with Gasteiger partial charge in [0.05, 0.1) is 5.69 Å². The fourth-order valence-corrected chi connectivity index (χ4v) is 2.46. The zero-order valence-corrected chi connectivity index (χ0v) is 11.3. The first-order valence-electron chi connectivity index (χ1n) is 6.12. The van der Waals surface area contributed by atoms with E-state index in [1.165, 1.54) is 0 Å². The zero-order chi connectivity index (χ0) is 13.4. The number of aryl methyl sites for hydroxylation is 2. The minimum Gasteiger partial charge on any atom is -0.385 e. The molecule has 1 unspecified atom stereocenters. The van der Waals surface area contributed by atoms with Crippen LogP contribution in [0.25, 0.3) is 0 Å². The fraction of sp³-hybridized carbons (Fsp3) is 0.583. The average Bonchev–Trinajstić information content (AvgIpc) is 2.69. The van der Waals surface area contributed by atoms with Crippen molar-refractivity contribution in [1.82, 2.24) is 14.7 Å². The lowest BCUT2D eigenvalue weighted by molar-refractivity contribution is 0.206. The van der Waals surface area contributed by atoms with E-state index < -0.39 is 0 Å². The van der Waals surface area contributed by atoms with Gasteiger partial charge in [-0.05, 0) is 20.3 Å². The molecule has 2 N–H and O–H groups in total. The second-order valence-electron chi connectivity index (χ2n) is 4.62. The van der Waals surface area contributed by atoms with Gasteiger partial charge in [-0.1, -0.05) is 6.92 Å². The van der Waals surface area contributed by atoms with E-state index in [1.54, 1.807) is 4.90 Å². The number of nitrogens with zero attached hydrogens (tertiary/aromatic N) is 4. The predicted octanol–water partition coefficient (Wildman–Crippen LogP) is 1.28. The molecule has 1 aliphatic rings. The molecule has 98 valence electrons. The van der Waals surface area contributed by atoms with Crippen molar-refractivity contribution in [1.29, 1.82) is 0 Å². The second-order valence-corrected chi connectivity index (χ2v) is 4.62. The summed E-state index contributed by atoms with van der Waals surface area (Å²) in [6.07, 6.45) is 0.878. The molecule has 2 rings (SSSR count). The summed E-state index contributed by atoms with van der Waals surface area (Å²) in [5.74, 6) is 0.368. The molecule has 1 aromatic heterocycles. The van der Waals surface area contributed by atoms with Gasteiger partial charge in [-0.25, -0.2) is 4.79 Å². The second kappa shape index (κ2) is 4.44. The number of urea groups is 1. The number of amidine groups is 1. The predicted molar refractivity (Wildman–Crippen MR) is 69.4 cm³/mol. The van der Waals surface area contributed by atoms with E-state index in [-0.39, 0.29) is 12.1 Å². The first kappa shape index (κ1) is 12.6. The van der Waals surface area contributed by atoms with Crippen molar-refractivity contribution >= 4 is 11.9 Å². The van der Waals surface area contributed by atoms with Crippen molar-refractivity contribution in [3.05, 3.63) is 17.0 Å². The Balaban J connectivity index is 2.47. The molecule has 6 nitrogen and oxygen atoms in total. The Bertz CT molecular complexity index is 517. The molecule has 2 amide bonds. The molecule has 0 saturated carbocycles. The van der Waals surface area contributed by atoms with Gasteiger partial charge in [0.1, 0.15) is 11.9 Å². The van der Waals surface area contributed by atoms with Crippen LogP contribution in [0.5, 0.6) is 0 Å². The van der Waals surface area contributed by atoms with Crippen molar-refractivity contribution in [3.8, 4) is 0 Å². The van der Waals surface area contributed by atoms with Crippen LogP contribution < -0.4 is 5.73 Å². The molecule has 0 bridgehead atoms. The van der Waals surface area contributed by atoms with E-state index in [0.717, 1.165) is 23.4 Å². The molecular weight excluding hydrogens is 230 g/mol. The minimum absolute atomic E-state index is 0.248. The standard InChI is InChI=1S/C12H19N5O/c1-5-6-17-10(11(13)14-12(17)18)9-7(2)15-16(4)8(9)3/h10H,5-6H2,1-4H3,(H2,13,14,18). The van der Waals surface area contributed by atoms with Crippen molar-refractivity contribution in [2.75, 3.05) is 6.54 Å². The largest absolute Gasteiger partial charge is 0.385 e. The van der Waals surface area contributed by atoms with Crippen LogP contribution in [0.1, 0.15) is 36.3 Å². The van der Waals surface area contributed by atoms with E-state index in [9.17, 15) is 4.79 Å². The van der Waals surface area contributed by atoms with Gasteiger partial charge in [-0.3, -0.25) is 4.68 Å². The van der Waals surface area contributed by atoms with E-state index >= 15 is 0 Å². The number of aliphatic imine (C=N–C) groups is 1. The fourth-order valence-electron chi connectivity index (χ4n) is 2.46. The highest BCUT2D eigenvalue weighted by atomic mass is 16.2. The van der Waals surface area contributed by atoms with E-state index in [2.05, 4.69) is 10.1 Å². The van der Waals surface area contributed by atoms with E-state index in [1.807, 2.05) is 32.5 Å². The Morgan fingerprint density at radius 1 is 1.39 bits per heavy atom. The highest BCUT2D eigenvalue weighted by Gasteiger charge is 2.37. The van der Waals surface area contributed by atoms with Gasteiger partial charge in [-0.15, -0.1) is 0 Å². The van der Waals surface area contributed by atoms with Gasteiger partial charge in [0, 0.05) is 24.8 Å². The van der Waals surface area contributed by atoms with Crippen molar-refractivity contribution in [2.45, 2.75) is 33.2 Å². The van der Waals surface area contributed by atoms with Crippen molar-refractivity contribution in [3.63, 3.8) is 0 Å². The van der Waals surface area contributed by atoms with Gasteiger partial charge in [0.15, 0.2) is 0 Å². The first-order chi connectivity index (χ1) is 8.47. The third-order valence-corrected chi connectivity index (χ3v) is 3.37. The molecule has 0 radical (unpaired) electrons. The number of rotatable bonds is 3. The molecular formula is C12H19N5O. The van der Waals surface area contributed by atoms with Crippen LogP contribution in [0, 0.1) is 13.8 Å². The van der Waals surface area contributed by atoms with Crippen LogP contribution >= 0.6 is 0 Å². The lowest BCUT2D eigenvalue weighted by Crippen LogP contribution is -2.34. The summed E-state index contributed by atoms with van der Waals surface area (Å²) in [6, 6.07) is -0.506. The molecule has 1 aromatic rings. The monoisotopic (exact) mass is 249 g/mol. The van der Waals surface area contributed by atoms with Crippen LogP contribution in [0.3, 0.4) is 0 Å². The topological polar surface area (TPSA) is 76.5 Å². The molecule has 1 atom stereocenters. The molecule has 18 heavy (non-hydrogen) atoms. The highest BCUT2D eigenvalue weighted by Crippen LogP contribution is 2.31. The lowest BCUT2D eigenvalue weighted by Gasteiger charge is -2.24. The third-order valence-electron chi connectivity index (χ3n) is 3.37. The summed E-state index contributed by atoms with van der Waals surface area (Å²) in [5.41, 5.74) is 8.83. The molecule has 0 aliphatic carbocycles. The summed E-state index contributed by atoms with van der Waals surface area (Å²) >= 11 is 0. The Kier molecular flexibility index (Phi) is 3.11. The maximum atomic E-state index is 11.8. The number of hydrogen-bond donors (Lipinski definition) is 1. The molecule has 2 heterocycles. The quantitative estimate of drug-likeness (QED) is 0.876. The Labute approximate surface area is 106 Å². The van der Waals surface area contributed by atoms with Crippen LogP contribution in [0.15, 0.2) is 4.99 Å². The lowest BCUT2D eigenvalue weighted by atomic mass is 10.0. The minimum atomic E-state index is -0.258. The number of nitrogens with two attached hydrogens (primary N) is 1. The van der Waals surface area contributed by atoms with Crippen LogP contribution in [0.4, 0.5) is 4.79 Å². The Morgan fingerprint density at radius 3 is 2.56 bits per heavy atom. The molecule has 6 heteroatoms. The summed E-state index contributed by atoms with van der Waals surface area (Å²) < 4.78 is 1.81. The zero-order valence-electron chi connectivity index (χ0n) is 11.3. The van der Waals surface area contributed by atoms with E-state index in [0.29, 0.717) is 12.4 Å². The molecule has 1 aliphatic heterocycles. The van der Waals surface area contributed by atoms with Crippen LogP contribution in [-0.4, -0.2) is 33.1 Å². The third kappa shape index (κ3) is 1.77. The molecule has 0 spiro atoms. The Morgan fingerprint density at radius 2 is 2.06 bits per heavy atom. The number of carbonyl (C=O) groups is 1. The average molecular weight is 249 g/mol. The smallest absolute Gasteiger partial charge is 0.346 e.